The molecule has 1 amide bonds. The van der Waals surface area contributed by atoms with Crippen molar-refractivity contribution in [3.8, 4) is 5.75 Å². The average Bonchev–Trinajstić information content (AvgIpc) is 2.98. The summed E-state index contributed by atoms with van der Waals surface area (Å²) >= 11 is 12.4. The average molecular weight is 454 g/mol. The highest BCUT2D eigenvalue weighted by Gasteiger charge is 2.50. The molecule has 31 heavy (non-hydrogen) atoms. The largest absolute Gasteiger partial charge is 0.471 e. The smallest absolute Gasteiger partial charge is 0.273 e. The van der Waals surface area contributed by atoms with E-state index < -0.39 is 5.60 Å². The van der Waals surface area contributed by atoms with Crippen LogP contribution < -0.4 is 10.1 Å². The van der Waals surface area contributed by atoms with Gasteiger partial charge < -0.3 is 10.1 Å². The lowest BCUT2D eigenvalue weighted by Crippen LogP contribution is -2.43. The molecule has 158 valence electrons. The van der Waals surface area contributed by atoms with Crippen LogP contribution in [0.15, 0.2) is 60.7 Å². The first kappa shape index (κ1) is 21.4. The Balaban J connectivity index is 1.92. The standard InChI is InChI=1S/C25H21Cl2NO3/c1-15(2)20-8-4-6-17(14-29)23(20)31-25(13-16-5-3-7-18(26)11-16)21-10-9-19(27)12-22(21)28-24(25)30/h3-12,14-15H,13H2,1-2H3,(H,28,30). The van der Waals surface area contributed by atoms with E-state index in [0.29, 0.717) is 32.6 Å². The molecule has 0 saturated carbocycles. The molecule has 6 heteroatoms. The number of ether oxygens (including phenoxy) is 1. The monoisotopic (exact) mass is 453 g/mol. The van der Waals surface area contributed by atoms with Crippen LogP contribution in [0.25, 0.3) is 0 Å². The van der Waals surface area contributed by atoms with Crippen molar-refractivity contribution >= 4 is 41.1 Å². The molecule has 0 aromatic heterocycles. The van der Waals surface area contributed by atoms with Crippen molar-refractivity contribution in [3.05, 3.63) is 93.0 Å². The molecule has 0 fully saturated rings. The second kappa shape index (κ2) is 8.37. The molecule has 0 aliphatic carbocycles. The van der Waals surface area contributed by atoms with E-state index in [4.69, 9.17) is 27.9 Å². The normalized spacial score (nSPS) is 17.4. The Labute approximate surface area is 191 Å². The van der Waals surface area contributed by atoms with Crippen LogP contribution in [0.4, 0.5) is 5.69 Å². The summed E-state index contributed by atoms with van der Waals surface area (Å²) in [5.41, 5.74) is 1.96. The van der Waals surface area contributed by atoms with E-state index in [1.807, 2.05) is 44.2 Å². The number of carbonyl (C=O) groups is 2. The van der Waals surface area contributed by atoms with E-state index >= 15 is 0 Å². The fraction of sp³-hybridized carbons (Fsp3) is 0.200. The first-order chi connectivity index (χ1) is 14.8. The molecule has 4 rings (SSSR count). The second-order valence-electron chi connectivity index (χ2n) is 7.92. The molecule has 4 nitrogen and oxygen atoms in total. The van der Waals surface area contributed by atoms with E-state index in [9.17, 15) is 9.59 Å². The number of aldehydes is 1. The molecule has 1 aliphatic rings. The molecule has 0 spiro atoms. The topological polar surface area (TPSA) is 55.4 Å². The summed E-state index contributed by atoms with van der Waals surface area (Å²) in [7, 11) is 0. The molecule has 1 atom stereocenters. The van der Waals surface area contributed by atoms with Crippen LogP contribution in [0.5, 0.6) is 5.75 Å². The number of halogens is 2. The Morgan fingerprint density at radius 2 is 1.77 bits per heavy atom. The molecule has 3 aromatic carbocycles. The van der Waals surface area contributed by atoms with Crippen LogP contribution in [0.3, 0.4) is 0 Å². The Morgan fingerprint density at radius 3 is 2.48 bits per heavy atom. The fourth-order valence-corrected chi connectivity index (χ4v) is 4.36. The van der Waals surface area contributed by atoms with Gasteiger partial charge in [0.05, 0.1) is 11.3 Å². The van der Waals surface area contributed by atoms with Gasteiger partial charge in [0.2, 0.25) is 5.60 Å². The third kappa shape index (κ3) is 3.93. The number of fused-ring (bicyclic) bond motifs is 1. The maximum absolute atomic E-state index is 13.4. The Morgan fingerprint density at radius 1 is 1.03 bits per heavy atom. The number of hydrogen-bond acceptors (Lipinski definition) is 3. The van der Waals surface area contributed by atoms with Gasteiger partial charge in [-0.3, -0.25) is 9.59 Å². The minimum absolute atomic E-state index is 0.0901. The van der Waals surface area contributed by atoms with Gasteiger partial charge in [-0.1, -0.05) is 67.4 Å². The first-order valence-corrected chi connectivity index (χ1v) is 10.7. The van der Waals surface area contributed by atoms with Crippen LogP contribution in [0.2, 0.25) is 10.0 Å². The molecule has 1 heterocycles. The van der Waals surface area contributed by atoms with Crippen molar-refractivity contribution < 1.29 is 14.3 Å². The third-order valence-corrected chi connectivity index (χ3v) is 5.95. The molecular formula is C25H21Cl2NO3. The minimum Gasteiger partial charge on any atom is -0.471 e. The number of rotatable bonds is 6. The summed E-state index contributed by atoms with van der Waals surface area (Å²) in [6.45, 7) is 4.03. The number of hydrogen-bond donors (Lipinski definition) is 1. The van der Waals surface area contributed by atoms with E-state index in [-0.39, 0.29) is 18.2 Å². The third-order valence-electron chi connectivity index (χ3n) is 5.47. The predicted octanol–water partition coefficient (Wildman–Crippen LogP) is 6.40. The van der Waals surface area contributed by atoms with E-state index in [1.165, 1.54) is 0 Å². The maximum Gasteiger partial charge on any atom is 0.273 e. The number of nitrogens with one attached hydrogen (secondary N) is 1. The van der Waals surface area contributed by atoms with Crippen molar-refractivity contribution in [1.29, 1.82) is 0 Å². The van der Waals surface area contributed by atoms with Gasteiger partial charge >= 0.3 is 0 Å². The molecule has 0 bridgehead atoms. The molecule has 0 radical (unpaired) electrons. The lowest BCUT2D eigenvalue weighted by atomic mass is 9.87. The summed E-state index contributed by atoms with van der Waals surface area (Å²) < 4.78 is 6.57. The lowest BCUT2D eigenvalue weighted by Gasteiger charge is -2.31. The molecular weight excluding hydrogens is 433 g/mol. The number of amides is 1. The number of anilines is 1. The van der Waals surface area contributed by atoms with E-state index in [1.54, 1.807) is 30.3 Å². The Bertz CT molecular complexity index is 1180. The van der Waals surface area contributed by atoms with Gasteiger partial charge in [-0.2, -0.15) is 0 Å². The van der Waals surface area contributed by atoms with Crippen molar-refractivity contribution in [1.82, 2.24) is 0 Å². The lowest BCUT2D eigenvalue weighted by molar-refractivity contribution is -0.131. The van der Waals surface area contributed by atoms with Crippen molar-refractivity contribution in [2.75, 3.05) is 5.32 Å². The summed E-state index contributed by atoms with van der Waals surface area (Å²) in [6.07, 6.45) is 0.989. The zero-order valence-electron chi connectivity index (χ0n) is 17.1. The van der Waals surface area contributed by atoms with Gasteiger partial charge in [0, 0.05) is 22.0 Å². The molecule has 0 saturated heterocycles. The van der Waals surface area contributed by atoms with Gasteiger partial charge in [-0.25, -0.2) is 0 Å². The molecule has 3 aromatic rings. The predicted molar refractivity (Wildman–Crippen MR) is 123 cm³/mol. The zero-order chi connectivity index (χ0) is 22.2. The molecule has 1 aliphatic heterocycles. The van der Waals surface area contributed by atoms with Crippen LogP contribution >= 0.6 is 23.2 Å². The summed E-state index contributed by atoms with van der Waals surface area (Å²) in [5.74, 6) is 0.180. The van der Waals surface area contributed by atoms with Gasteiger partial charge in [0.25, 0.3) is 5.91 Å². The Kier molecular flexibility index (Phi) is 5.78. The van der Waals surface area contributed by atoms with Gasteiger partial charge in [-0.15, -0.1) is 0 Å². The van der Waals surface area contributed by atoms with Crippen LogP contribution in [-0.2, 0) is 16.8 Å². The first-order valence-electron chi connectivity index (χ1n) is 9.97. The highest BCUT2D eigenvalue weighted by atomic mass is 35.5. The van der Waals surface area contributed by atoms with Gasteiger partial charge in [-0.05, 0) is 47.4 Å². The van der Waals surface area contributed by atoms with Crippen LogP contribution in [-0.4, -0.2) is 12.2 Å². The summed E-state index contributed by atoms with van der Waals surface area (Å²) in [5, 5.41) is 3.98. The summed E-state index contributed by atoms with van der Waals surface area (Å²) in [4.78, 5) is 25.3. The van der Waals surface area contributed by atoms with Crippen molar-refractivity contribution in [2.45, 2.75) is 31.8 Å². The molecule has 1 unspecified atom stereocenters. The van der Waals surface area contributed by atoms with Crippen LogP contribution in [0.1, 0.15) is 46.8 Å². The van der Waals surface area contributed by atoms with E-state index in [2.05, 4.69) is 5.32 Å². The van der Waals surface area contributed by atoms with Crippen LogP contribution in [0, 0.1) is 0 Å². The minimum atomic E-state index is -1.38. The SMILES string of the molecule is CC(C)c1cccc(C=O)c1OC1(Cc2cccc(Cl)c2)C(=O)Nc2cc(Cl)ccc21. The number of benzene rings is 3. The van der Waals surface area contributed by atoms with E-state index in [0.717, 1.165) is 17.4 Å². The highest BCUT2D eigenvalue weighted by Crippen LogP contribution is 2.45. The quantitative estimate of drug-likeness (QED) is 0.439. The summed E-state index contributed by atoms with van der Waals surface area (Å²) in [6, 6.07) is 18.0. The van der Waals surface area contributed by atoms with Gasteiger partial charge in [0.1, 0.15) is 5.75 Å². The molecule has 1 N–H and O–H groups in total. The van der Waals surface area contributed by atoms with Gasteiger partial charge in [0.15, 0.2) is 6.29 Å². The van der Waals surface area contributed by atoms with Crippen molar-refractivity contribution in [3.63, 3.8) is 0 Å². The maximum atomic E-state index is 13.4. The fourth-order valence-electron chi connectivity index (χ4n) is 3.98. The second-order valence-corrected chi connectivity index (χ2v) is 8.79. The van der Waals surface area contributed by atoms with Crippen molar-refractivity contribution in [2.24, 2.45) is 0 Å². The zero-order valence-corrected chi connectivity index (χ0v) is 18.6. The Hall–Kier alpha value is -2.82. The highest BCUT2D eigenvalue weighted by molar-refractivity contribution is 6.31. The number of para-hydroxylation sites is 1. The number of carbonyl (C=O) groups excluding carboxylic acids is 2.